The van der Waals surface area contributed by atoms with Gasteiger partial charge in [-0.25, -0.2) is 4.79 Å². The van der Waals surface area contributed by atoms with Gasteiger partial charge in [0.05, 0.1) is 25.7 Å². The van der Waals surface area contributed by atoms with Crippen LogP contribution in [-0.2, 0) is 38.0 Å². The van der Waals surface area contributed by atoms with Crippen LogP contribution in [0.4, 0.5) is 4.79 Å². The zero-order valence-electron chi connectivity index (χ0n) is 37.6. The number of hydrogen-bond donors (Lipinski definition) is 0. The van der Waals surface area contributed by atoms with Gasteiger partial charge in [0.15, 0.2) is 6.29 Å². The minimum atomic E-state index is -0.783. The number of hydrogen-bond acceptors (Lipinski definition) is 10. The van der Waals surface area contributed by atoms with E-state index in [9.17, 15) is 14.4 Å². The number of unbranched alkanes of at least 4 members (excludes halogenated alkanes) is 9. The summed E-state index contributed by atoms with van der Waals surface area (Å²) in [5.41, 5.74) is 0. The highest BCUT2D eigenvalue weighted by Gasteiger charge is 2.19. The maximum absolute atomic E-state index is 12.7. The smallest absolute Gasteiger partial charge is 0.465 e. The highest BCUT2D eigenvalue weighted by molar-refractivity contribution is 5.69. The molecule has 10 heteroatoms. The lowest BCUT2D eigenvalue weighted by molar-refractivity contribution is -0.151. The standard InChI is InChI=1S/C48H85NO9/c1-6-11-14-17-18-19-20-21-22-23-24-25-26-27-28-34-45(50)56-41-44(43-58-48(52)55-40-33-37-49(9-4)10-5)42-57-46(51)35-29-30-36-47(53-38-31-15-12-7-2)54-39-32-16-13-8-3/h12-13,15-16,18-19,21-22,44,47H,6-11,14,17,20,23-43H2,1-5H3/b15-12-,16-13-,19-18-,22-21-. The minimum absolute atomic E-state index is 0.0150. The van der Waals surface area contributed by atoms with Crippen molar-refractivity contribution in [2.45, 2.75) is 176 Å². The van der Waals surface area contributed by atoms with Gasteiger partial charge in [-0.1, -0.05) is 115 Å². The second-order valence-corrected chi connectivity index (χ2v) is 14.8. The molecular weight excluding hydrogens is 735 g/mol. The van der Waals surface area contributed by atoms with Gasteiger partial charge in [-0.15, -0.1) is 0 Å². The van der Waals surface area contributed by atoms with Gasteiger partial charge >= 0.3 is 18.1 Å². The molecule has 10 nitrogen and oxygen atoms in total. The first kappa shape index (κ1) is 55.0. The van der Waals surface area contributed by atoms with E-state index in [1.807, 2.05) is 0 Å². The molecule has 0 bridgehead atoms. The summed E-state index contributed by atoms with van der Waals surface area (Å²) in [6.45, 7) is 14.6. The van der Waals surface area contributed by atoms with Gasteiger partial charge in [-0.2, -0.15) is 0 Å². The van der Waals surface area contributed by atoms with Crippen molar-refractivity contribution in [2.24, 2.45) is 5.92 Å². The largest absolute Gasteiger partial charge is 0.508 e. The van der Waals surface area contributed by atoms with Crippen molar-refractivity contribution in [2.75, 3.05) is 59.3 Å². The molecule has 1 unspecified atom stereocenters. The van der Waals surface area contributed by atoms with E-state index in [1.165, 1.54) is 25.7 Å². The SMILES string of the molecule is CC/C=C\CCOC(CCCCC(=O)OCC(COC(=O)CCCCCCC/C=C\C/C=C\CCCCC)COC(=O)OCCCN(CC)CC)OCC/C=C\CC. The topological polar surface area (TPSA) is 110 Å². The minimum Gasteiger partial charge on any atom is -0.465 e. The predicted molar refractivity (Wildman–Crippen MR) is 237 cm³/mol. The Kier molecular flexibility index (Phi) is 41.4. The molecule has 0 aliphatic rings. The number of ether oxygens (including phenoxy) is 6. The molecule has 0 aromatic rings. The Balaban J connectivity index is 4.70. The summed E-state index contributed by atoms with van der Waals surface area (Å²) >= 11 is 0. The quantitative estimate of drug-likeness (QED) is 0.0194. The Morgan fingerprint density at radius 2 is 1.02 bits per heavy atom. The third kappa shape index (κ3) is 38.6. The molecule has 0 amide bonds. The van der Waals surface area contributed by atoms with Crippen LogP contribution in [0.1, 0.15) is 169 Å². The van der Waals surface area contributed by atoms with Crippen molar-refractivity contribution in [3.63, 3.8) is 0 Å². The zero-order valence-corrected chi connectivity index (χ0v) is 37.6. The molecule has 336 valence electrons. The molecule has 0 N–H and O–H groups in total. The lowest BCUT2D eigenvalue weighted by Gasteiger charge is -2.19. The molecule has 1 atom stereocenters. The average Bonchev–Trinajstić information content (AvgIpc) is 3.22. The average molecular weight is 820 g/mol. The van der Waals surface area contributed by atoms with E-state index in [-0.39, 0.29) is 51.1 Å². The van der Waals surface area contributed by atoms with Crippen LogP contribution in [0, 0.1) is 5.92 Å². The van der Waals surface area contributed by atoms with Crippen LogP contribution in [0.25, 0.3) is 0 Å². The van der Waals surface area contributed by atoms with Crippen LogP contribution in [0.3, 0.4) is 0 Å². The first-order chi connectivity index (χ1) is 28.4. The number of esters is 2. The molecule has 0 aromatic heterocycles. The lowest BCUT2D eigenvalue weighted by Crippen LogP contribution is -2.27. The van der Waals surface area contributed by atoms with Crippen LogP contribution < -0.4 is 0 Å². The Bertz CT molecular complexity index is 1050. The molecule has 0 fully saturated rings. The van der Waals surface area contributed by atoms with E-state index in [0.29, 0.717) is 38.9 Å². The summed E-state index contributed by atoms with van der Waals surface area (Å²) < 4.78 is 33.7. The maximum atomic E-state index is 12.7. The van der Waals surface area contributed by atoms with Crippen molar-refractivity contribution in [3.8, 4) is 0 Å². The second kappa shape index (κ2) is 43.6. The number of carbonyl (C=O) groups excluding carboxylic acids is 3. The summed E-state index contributed by atoms with van der Waals surface area (Å²) in [5.74, 6) is -1.16. The normalized spacial score (nSPS) is 12.5. The Morgan fingerprint density at radius 1 is 0.500 bits per heavy atom. The molecule has 58 heavy (non-hydrogen) atoms. The van der Waals surface area contributed by atoms with Crippen LogP contribution in [-0.4, -0.2) is 88.6 Å². The number of carbonyl (C=O) groups is 3. The van der Waals surface area contributed by atoms with Gasteiger partial charge < -0.3 is 33.3 Å². The van der Waals surface area contributed by atoms with Gasteiger partial charge in [0, 0.05) is 19.4 Å². The maximum Gasteiger partial charge on any atom is 0.508 e. The molecule has 0 aliphatic carbocycles. The first-order valence-electron chi connectivity index (χ1n) is 23.1. The van der Waals surface area contributed by atoms with Crippen LogP contribution in [0.5, 0.6) is 0 Å². The van der Waals surface area contributed by atoms with E-state index in [2.05, 4.69) is 88.1 Å². The van der Waals surface area contributed by atoms with E-state index >= 15 is 0 Å². The molecule has 0 saturated heterocycles. The zero-order chi connectivity index (χ0) is 42.6. The van der Waals surface area contributed by atoms with Gasteiger partial charge in [0.25, 0.3) is 0 Å². The fraction of sp³-hybridized carbons (Fsp3) is 0.771. The van der Waals surface area contributed by atoms with Gasteiger partial charge in [-0.05, 0) is 103 Å². The Labute approximate surface area is 354 Å². The summed E-state index contributed by atoms with van der Waals surface area (Å²) in [5, 5.41) is 0. The lowest BCUT2D eigenvalue weighted by atomic mass is 10.1. The van der Waals surface area contributed by atoms with Crippen molar-refractivity contribution in [1.82, 2.24) is 4.90 Å². The van der Waals surface area contributed by atoms with Crippen LogP contribution in [0.2, 0.25) is 0 Å². The number of nitrogens with zero attached hydrogens (tertiary/aromatic N) is 1. The van der Waals surface area contributed by atoms with Crippen molar-refractivity contribution < 1.29 is 42.8 Å². The fourth-order valence-corrected chi connectivity index (χ4v) is 5.90. The van der Waals surface area contributed by atoms with Crippen molar-refractivity contribution in [1.29, 1.82) is 0 Å². The second-order valence-electron chi connectivity index (χ2n) is 14.8. The van der Waals surface area contributed by atoms with Gasteiger partial charge in [0.2, 0.25) is 0 Å². The Morgan fingerprint density at radius 3 is 1.59 bits per heavy atom. The van der Waals surface area contributed by atoms with E-state index in [0.717, 1.165) is 96.7 Å². The summed E-state index contributed by atoms with van der Waals surface area (Å²) in [6.07, 6.45) is 35.6. The summed E-state index contributed by atoms with van der Waals surface area (Å²) in [4.78, 5) is 39.9. The predicted octanol–water partition coefficient (Wildman–Crippen LogP) is 12.0. The summed E-state index contributed by atoms with van der Waals surface area (Å²) in [7, 11) is 0. The van der Waals surface area contributed by atoms with Crippen molar-refractivity contribution >= 4 is 18.1 Å². The molecule has 0 rings (SSSR count). The molecular formula is C48H85NO9. The number of rotatable bonds is 41. The molecule has 0 aromatic carbocycles. The first-order valence-corrected chi connectivity index (χ1v) is 23.1. The highest BCUT2D eigenvalue weighted by atomic mass is 16.7. The molecule has 0 saturated carbocycles. The monoisotopic (exact) mass is 820 g/mol. The van der Waals surface area contributed by atoms with Crippen molar-refractivity contribution in [3.05, 3.63) is 48.6 Å². The van der Waals surface area contributed by atoms with Gasteiger partial charge in [-0.3, -0.25) is 9.59 Å². The van der Waals surface area contributed by atoms with E-state index < -0.39 is 12.1 Å². The highest BCUT2D eigenvalue weighted by Crippen LogP contribution is 2.13. The van der Waals surface area contributed by atoms with E-state index in [4.69, 9.17) is 28.4 Å². The molecule has 0 heterocycles. The third-order valence-corrected chi connectivity index (χ3v) is 9.51. The fourth-order valence-electron chi connectivity index (χ4n) is 5.90. The molecule has 0 spiro atoms. The van der Waals surface area contributed by atoms with Crippen LogP contribution in [0.15, 0.2) is 48.6 Å². The van der Waals surface area contributed by atoms with E-state index in [1.54, 1.807) is 0 Å². The Hall–Kier alpha value is -2.95. The number of allylic oxidation sites excluding steroid dienone is 6. The molecule has 0 aliphatic heterocycles. The third-order valence-electron chi connectivity index (χ3n) is 9.51. The van der Waals surface area contributed by atoms with Crippen LogP contribution >= 0.6 is 0 Å². The van der Waals surface area contributed by atoms with Gasteiger partial charge in [0.1, 0.15) is 19.8 Å². The summed E-state index contributed by atoms with van der Waals surface area (Å²) in [6, 6.07) is 0. The molecule has 0 radical (unpaired) electrons.